The smallest absolute Gasteiger partial charge is 0.462 e. The highest BCUT2D eigenvalue weighted by Crippen LogP contribution is 2.47. The number of hydrogen-bond donors (Lipinski definition) is 7. The molecule has 1 aliphatic rings. The number of esters is 2. The average Bonchev–Trinajstić information content (AvgIpc) is 3.25. The molecule has 1 fully saturated rings. The van der Waals surface area contributed by atoms with Crippen LogP contribution < -0.4 is 0 Å². The lowest BCUT2D eigenvalue weighted by molar-refractivity contribution is -0.220. The van der Waals surface area contributed by atoms with Crippen LogP contribution in [-0.4, -0.2) is 110 Å². The van der Waals surface area contributed by atoms with E-state index in [2.05, 4.69) is 26.0 Å². The molecule has 0 amide bonds. The summed E-state index contributed by atoms with van der Waals surface area (Å²) in [5.41, 5.74) is 0. The SMILES string of the molecule is CC/C=C\C/C=C\CC(O)/C=C/C=C\C/C=C\C/C=C\CCC(=O)O[C@H](COC(=O)CCCCCCCCCCCCCCC)COP(=O)(O)OC1[C@H](O)[C@H](O)C(O)[C@H](O)[C@H]1O. The van der Waals surface area contributed by atoms with E-state index in [1.54, 1.807) is 12.2 Å². The number of rotatable bonds is 36. The molecule has 0 bridgehead atoms. The van der Waals surface area contributed by atoms with E-state index in [9.17, 15) is 49.7 Å². The summed E-state index contributed by atoms with van der Waals surface area (Å²) < 4.78 is 33.4. The van der Waals surface area contributed by atoms with E-state index in [1.807, 2.05) is 48.6 Å². The number of hydrogen-bond acceptors (Lipinski definition) is 13. The van der Waals surface area contributed by atoms with Gasteiger partial charge in [0.25, 0.3) is 0 Å². The molecule has 0 aliphatic heterocycles. The molecule has 0 radical (unpaired) electrons. The zero-order valence-corrected chi connectivity index (χ0v) is 38.1. The highest BCUT2D eigenvalue weighted by molar-refractivity contribution is 7.47. The monoisotopic (exact) mass is 899 g/mol. The van der Waals surface area contributed by atoms with Crippen molar-refractivity contribution in [1.29, 1.82) is 0 Å². The Balaban J connectivity index is 2.56. The summed E-state index contributed by atoms with van der Waals surface area (Å²) in [4.78, 5) is 35.6. The highest BCUT2D eigenvalue weighted by atomic mass is 31.2. The molecule has 0 saturated heterocycles. The molecule has 7 N–H and O–H groups in total. The molecule has 0 spiro atoms. The lowest BCUT2D eigenvalue weighted by atomic mass is 9.85. The summed E-state index contributed by atoms with van der Waals surface area (Å²) in [6, 6.07) is 0. The Kier molecular flexibility index (Phi) is 33.8. The van der Waals surface area contributed by atoms with Gasteiger partial charge in [-0.3, -0.25) is 18.6 Å². The normalized spacial score (nSPS) is 23.0. The van der Waals surface area contributed by atoms with Crippen molar-refractivity contribution >= 4 is 19.8 Å². The Hall–Kier alpha value is -2.75. The van der Waals surface area contributed by atoms with Crippen LogP contribution in [0.25, 0.3) is 0 Å². The van der Waals surface area contributed by atoms with E-state index in [4.69, 9.17) is 18.5 Å². The molecule has 1 saturated carbocycles. The maximum absolute atomic E-state index is 12.8. The van der Waals surface area contributed by atoms with Gasteiger partial charge in [0.05, 0.1) is 12.7 Å². The van der Waals surface area contributed by atoms with Crippen molar-refractivity contribution in [3.05, 3.63) is 72.9 Å². The highest BCUT2D eigenvalue weighted by Gasteiger charge is 2.51. The number of ether oxygens (including phenoxy) is 2. The van der Waals surface area contributed by atoms with E-state index in [0.29, 0.717) is 32.1 Å². The predicted molar refractivity (Wildman–Crippen MR) is 241 cm³/mol. The first-order valence-corrected chi connectivity index (χ1v) is 24.3. The summed E-state index contributed by atoms with van der Waals surface area (Å²) in [6.45, 7) is 3.04. The van der Waals surface area contributed by atoms with Gasteiger partial charge in [0.1, 0.15) is 43.2 Å². The van der Waals surface area contributed by atoms with Crippen LogP contribution in [0, 0.1) is 0 Å². The Morgan fingerprint density at radius 3 is 1.71 bits per heavy atom. The predicted octanol–water partition coefficient (Wildman–Crippen LogP) is 7.69. The van der Waals surface area contributed by atoms with Crippen molar-refractivity contribution in [2.45, 2.75) is 198 Å². The Morgan fingerprint density at radius 2 is 1.11 bits per heavy atom. The maximum atomic E-state index is 12.8. The molecule has 356 valence electrons. The summed E-state index contributed by atoms with van der Waals surface area (Å²) >= 11 is 0. The second kappa shape index (κ2) is 36.6. The standard InChI is InChI=1S/C47H79O14P/c1-3-5-7-9-11-12-13-14-15-19-22-26-30-34-40(49)58-36-39(37-59-62(56,57)61-47-45(54)43(52)42(51)44(53)46(47)55)60-41(50)35-31-27-23-20-17-16-18-21-25-29-33-38(48)32-28-24-10-8-6-4-2/h6,8,16-17,21,23-25,27-29,33,38-39,42-48,51-55H,3-5,7,9-15,18-20,22,26,30-32,34-37H2,1-2H3,(H,56,57)/b8-6-,17-16-,25-21-,27-23-,28-24-,33-29+/t38?,39-,42?,43-,44+,45-,46-,47?/m1/s1. The van der Waals surface area contributed by atoms with Crippen LogP contribution in [0.3, 0.4) is 0 Å². The van der Waals surface area contributed by atoms with E-state index >= 15 is 0 Å². The molecule has 62 heavy (non-hydrogen) atoms. The van der Waals surface area contributed by atoms with Gasteiger partial charge < -0.3 is 45.0 Å². The first-order valence-electron chi connectivity index (χ1n) is 22.8. The third-order valence-corrected chi connectivity index (χ3v) is 11.1. The molecule has 9 atom stereocenters. The van der Waals surface area contributed by atoms with Crippen molar-refractivity contribution in [3.8, 4) is 0 Å². The summed E-state index contributed by atoms with van der Waals surface area (Å²) in [7, 11) is -5.15. The number of carbonyl (C=O) groups is 2. The topological polar surface area (TPSA) is 230 Å². The number of aliphatic hydroxyl groups excluding tert-OH is 6. The number of unbranched alkanes of at least 4 members (excludes halogenated alkanes) is 12. The molecular weight excluding hydrogens is 819 g/mol. The first-order chi connectivity index (χ1) is 29.8. The van der Waals surface area contributed by atoms with Crippen LogP contribution >= 0.6 is 7.82 Å². The minimum atomic E-state index is -5.15. The number of phosphoric ester groups is 1. The number of aliphatic hydroxyl groups is 6. The summed E-state index contributed by atoms with van der Waals surface area (Å²) in [5.74, 6) is -1.23. The molecule has 1 aliphatic carbocycles. The second-order valence-corrected chi connectivity index (χ2v) is 17.1. The fourth-order valence-corrected chi connectivity index (χ4v) is 7.43. The van der Waals surface area contributed by atoms with Gasteiger partial charge in [-0.05, 0) is 44.9 Å². The van der Waals surface area contributed by atoms with Crippen LogP contribution in [0.5, 0.6) is 0 Å². The van der Waals surface area contributed by atoms with E-state index in [0.717, 1.165) is 32.1 Å². The lowest BCUT2D eigenvalue weighted by Crippen LogP contribution is -2.64. The average molecular weight is 899 g/mol. The van der Waals surface area contributed by atoms with Gasteiger partial charge in [0.2, 0.25) is 0 Å². The minimum Gasteiger partial charge on any atom is -0.462 e. The second-order valence-electron chi connectivity index (χ2n) is 15.7. The van der Waals surface area contributed by atoms with Crippen LogP contribution in [0.1, 0.15) is 149 Å². The fraction of sp³-hybridized carbons (Fsp3) is 0.702. The van der Waals surface area contributed by atoms with Gasteiger partial charge in [-0.15, -0.1) is 0 Å². The number of allylic oxidation sites excluding steroid dienone is 10. The van der Waals surface area contributed by atoms with Gasteiger partial charge in [-0.25, -0.2) is 4.57 Å². The zero-order valence-electron chi connectivity index (χ0n) is 37.2. The Labute approximate surface area is 370 Å². The van der Waals surface area contributed by atoms with E-state index in [1.165, 1.54) is 57.8 Å². The molecule has 0 heterocycles. The van der Waals surface area contributed by atoms with Crippen molar-refractivity contribution in [2.75, 3.05) is 13.2 Å². The molecule has 1 rings (SSSR count). The third-order valence-electron chi connectivity index (χ3n) is 10.2. The largest absolute Gasteiger partial charge is 0.472 e. The lowest BCUT2D eigenvalue weighted by Gasteiger charge is -2.41. The van der Waals surface area contributed by atoms with Gasteiger partial charge in [0, 0.05) is 12.8 Å². The first kappa shape index (κ1) is 57.3. The van der Waals surface area contributed by atoms with Crippen molar-refractivity contribution in [3.63, 3.8) is 0 Å². The third kappa shape index (κ3) is 28.8. The molecule has 0 aromatic heterocycles. The van der Waals surface area contributed by atoms with Crippen LogP contribution in [0.2, 0.25) is 0 Å². The fourth-order valence-electron chi connectivity index (χ4n) is 6.46. The Bertz CT molecular complexity index is 1380. The van der Waals surface area contributed by atoms with Gasteiger partial charge >= 0.3 is 19.8 Å². The van der Waals surface area contributed by atoms with E-state index in [-0.39, 0.29) is 12.8 Å². The quantitative estimate of drug-likeness (QED) is 0.0105. The summed E-state index contributed by atoms with van der Waals surface area (Å²) in [6.07, 6.45) is 28.5. The van der Waals surface area contributed by atoms with Crippen molar-refractivity contribution < 1.29 is 68.2 Å². The molecule has 14 nitrogen and oxygen atoms in total. The van der Waals surface area contributed by atoms with Gasteiger partial charge in [-0.1, -0.05) is 164 Å². The van der Waals surface area contributed by atoms with Crippen LogP contribution in [0.15, 0.2) is 72.9 Å². The molecule has 0 aromatic carbocycles. The molecule has 4 unspecified atom stereocenters. The number of phosphoric acid groups is 1. The Morgan fingerprint density at radius 1 is 0.597 bits per heavy atom. The van der Waals surface area contributed by atoms with Gasteiger partial charge in [-0.2, -0.15) is 0 Å². The van der Waals surface area contributed by atoms with Crippen LogP contribution in [0.4, 0.5) is 0 Å². The van der Waals surface area contributed by atoms with Crippen molar-refractivity contribution in [2.24, 2.45) is 0 Å². The number of carbonyl (C=O) groups excluding carboxylic acids is 2. The molecule has 15 heteroatoms. The van der Waals surface area contributed by atoms with Gasteiger partial charge in [0.15, 0.2) is 6.10 Å². The van der Waals surface area contributed by atoms with Crippen LogP contribution in [-0.2, 0) is 32.7 Å². The maximum Gasteiger partial charge on any atom is 0.472 e. The zero-order chi connectivity index (χ0) is 45.9. The summed E-state index contributed by atoms with van der Waals surface area (Å²) in [5, 5.41) is 60.1. The minimum absolute atomic E-state index is 0.0535. The van der Waals surface area contributed by atoms with Crippen molar-refractivity contribution in [1.82, 2.24) is 0 Å². The molecular formula is C47H79O14P. The van der Waals surface area contributed by atoms with E-state index < -0.39 is 81.8 Å². The molecule has 0 aromatic rings.